The van der Waals surface area contributed by atoms with Gasteiger partial charge in [0.05, 0.1) is 13.7 Å². The van der Waals surface area contributed by atoms with Gasteiger partial charge >= 0.3 is 0 Å². The highest BCUT2D eigenvalue weighted by atomic mass is 16.5. The van der Waals surface area contributed by atoms with Crippen molar-refractivity contribution in [3.05, 3.63) is 59.7 Å². The van der Waals surface area contributed by atoms with Gasteiger partial charge in [0.15, 0.2) is 0 Å². The predicted octanol–water partition coefficient (Wildman–Crippen LogP) is 3.01. The average Bonchev–Trinajstić information content (AvgIpc) is 2.70. The highest BCUT2D eigenvalue weighted by Gasteiger charge is 2.19. The first-order valence-electron chi connectivity index (χ1n) is 9.62. The van der Waals surface area contributed by atoms with Gasteiger partial charge in [0, 0.05) is 38.4 Å². The van der Waals surface area contributed by atoms with E-state index in [2.05, 4.69) is 46.3 Å². The van der Waals surface area contributed by atoms with Crippen molar-refractivity contribution in [1.82, 2.24) is 9.80 Å². The lowest BCUT2D eigenvalue weighted by molar-refractivity contribution is -0.117. The molecule has 2 aromatic rings. The molecule has 0 saturated carbocycles. The number of ether oxygens (including phenoxy) is 1. The summed E-state index contributed by atoms with van der Waals surface area (Å²) in [7, 11) is 1.69. The summed E-state index contributed by atoms with van der Waals surface area (Å²) in [6.07, 6.45) is 1.01. The van der Waals surface area contributed by atoms with Crippen molar-refractivity contribution in [3.8, 4) is 5.75 Å². The summed E-state index contributed by atoms with van der Waals surface area (Å²) >= 11 is 0. The van der Waals surface area contributed by atoms with E-state index in [1.165, 1.54) is 11.1 Å². The molecule has 0 atom stereocenters. The Morgan fingerprint density at radius 3 is 2.11 bits per heavy atom. The van der Waals surface area contributed by atoms with E-state index in [0.717, 1.165) is 50.6 Å². The van der Waals surface area contributed by atoms with Crippen LogP contribution in [-0.2, 0) is 17.8 Å². The SMILES string of the molecule is CCc1ccc(NC(=O)CN2CCN(Cc3ccc(OC)cc3)CC2)cc1. The van der Waals surface area contributed by atoms with E-state index in [9.17, 15) is 4.79 Å². The normalized spacial score (nSPS) is 15.5. The van der Waals surface area contributed by atoms with E-state index < -0.39 is 0 Å². The fraction of sp³-hybridized carbons (Fsp3) is 0.409. The summed E-state index contributed by atoms with van der Waals surface area (Å²) in [6.45, 7) is 7.30. The highest BCUT2D eigenvalue weighted by Crippen LogP contribution is 2.14. The van der Waals surface area contributed by atoms with Crippen LogP contribution in [0.5, 0.6) is 5.75 Å². The standard InChI is InChI=1S/C22H29N3O2/c1-3-18-4-8-20(9-5-18)23-22(26)17-25-14-12-24(13-15-25)16-19-6-10-21(27-2)11-7-19/h4-11H,3,12-17H2,1-2H3,(H,23,26). The van der Waals surface area contributed by atoms with Gasteiger partial charge in [0.1, 0.15) is 5.75 Å². The van der Waals surface area contributed by atoms with Gasteiger partial charge in [0.25, 0.3) is 0 Å². The summed E-state index contributed by atoms with van der Waals surface area (Å²) in [6, 6.07) is 16.3. The van der Waals surface area contributed by atoms with Gasteiger partial charge in [-0.1, -0.05) is 31.2 Å². The van der Waals surface area contributed by atoms with Gasteiger partial charge in [-0.15, -0.1) is 0 Å². The molecule has 1 aliphatic rings. The van der Waals surface area contributed by atoms with Crippen LogP contribution in [0.2, 0.25) is 0 Å². The number of benzene rings is 2. The van der Waals surface area contributed by atoms with Crippen molar-refractivity contribution in [3.63, 3.8) is 0 Å². The molecule has 1 aliphatic heterocycles. The van der Waals surface area contributed by atoms with Crippen LogP contribution < -0.4 is 10.1 Å². The zero-order valence-corrected chi connectivity index (χ0v) is 16.3. The molecule has 5 heteroatoms. The minimum absolute atomic E-state index is 0.0582. The number of nitrogens with one attached hydrogen (secondary N) is 1. The Kier molecular flexibility index (Phi) is 6.85. The largest absolute Gasteiger partial charge is 0.497 e. The number of carbonyl (C=O) groups excluding carboxylic acids is 1. The van der Waals surface area contributed by atoms with E-state index >= 15 is 0 Å². The van der Waals surface area contributed by atoms with Gasteiger partial charge in [-0.25, -0.2) is 0 Å². The number of nitrogens with zero attached hydrogens (tertiary/aromatic N) is 2. The number of hydrogen-bond donors (Lipinski definition) is 1. The van der Waals surface area contributed by atoms with Crippen molar-refractivity contribution in [2.75, 3.05) is 45.2 Å². The van der Waals surface area contributed by atoms with Gasteiger partial charge in [0.2, 0.25) is 5.91 Å². The molecule has 0 aliphatic carbocycles. The summed E-state index contributed by atoms with van der Waals surface area (Å²) in [5.41, 5.74) is 3.44. The minimum Gasteiger partial charge on any atom is -0.497 e. The Labute approximate surface area is 161 Å². The average molecular weight is 367 g/mol. The second kappa shape index (κ2) is 9.53. The van der Waals surface area contributed by atoms with Crippen LogP contribution in [0, 0.1) is 0 Å². The second-order valence-corrected chi connectivity index (χ2v) is 7.00. The quantitative estimate of drug-likeness (QED) is 0.817. The molecule has 1 heterocycles. The lowest BCUT2D eigenvalue weighted by Crippen LogP contribution is -2.48. The number of anilines is 1. The van der Waals surface area contributed by atoms with Crippen molar-refractivity contribution >= 4 is 11.6 Å². The molecule has 0 aromatic heterocycles. The summed E-state index contributed by atoms with van der Waals surface area (Å²) in [5, 5.41) is 3.00. The Hall–Kier alpha value is -2.37. The summed E-state index contributed by atoms with van der Waals surface area (Å²) in [4.78, 5) is 16.9. The highest BCUT2D eigenvalue weighted by molar-refractivity contribution is 5.92. The molecular weight excluding hydrogens is 338 g/mol. The number of rotatable bonds is 7. The molecule has 0 bridgehead atoms. The van der Waals surface area contributed by atoms with Gasteiger partial charge in [-0.2, -0.15) is 0 Å². The maximum Gasteiger partial charge on any atom is 0.238 e. The fourth-order valence-corrected chi connectivity index (χ4v) is 3.32. The number of methoxy groups -OCH3 is 1. The van der Waals surface area contributed by atoms with Crippen molar-refractivity contribution in [2.45, 2.75) is 19.9 Å². The maximum atomic E-state index is 12.3. The van der Waals surface area contributed by atoms with Crippen molar-refractivity contribution < 1.29 is 9.53 Å². The summed E-state index contributed by atoms with van der Waals surface area (Å²) < 4.78 is 5.21. The molecule has 1 fully saturated rings. The lowest BCUT2D eigenvalue weighted by Gasteiger charge is -2.34. The third-order valence-corrected chi connectivity index (χ3v) is 5.04. The van der Waals surface area contributed by atoms with Crippen molar-refractivity contribution in [2.24, 2.45) is 0 Å². The molecule has 0 spiro atoms. The van der Waals surface area contributed by atoms with Gasteiger partial charge in [-0.05, 0) is 41.8 Å². The molecule has 27 heavy (non-hydrogen) atoms. The van der Waals surface area contributed by atoms with Gasteiger partial charge in [-0.3, -0.25) is 14.6 Å². The first kappa shape index (κ1) is 19.4. The topological polar surface area (TPSA) is 44.8 Å². The van der Waals surface area contributed by atoms with Crippen LogP contribution in [-0.4, -0.2) is 55.5 Å². The van der Waals surface area contributed by atoms with Crippen LogP contribution in [0.25, 0.3) is 0 Å². The summed E-state index contributed by atoms with van der Waals surface area (Å²) in [5.74, 6) is 0.946. The minimum atomic E-state index is 0.0582. The Balaban J connectivity index is 1.41. The second-order valence-electron chi connectivity index (χ2n) is 7.00. The van der Waals surface area contributed by atoms with Crippen LogP contribution in [0.4, 0.5) is 5.69 Å². The monoisotopic (exact) mass is 367 g/mol. The number of amides is 1. The molecule has 3 rings (SSSR count). The van der Waals surface area contributed by atoms with E-state index in [1.807, 2.05) is 24.3 Å². The smallest absolute Gasteiger partial charge is 0.238 e. The zero-order chi connectivity index (χ0) is 19.1. The molecule has 0 unspecified atom stereocenters. The first-order valence-corrected chi connectivity index (χ1v) is 9.62. The Bertz CT molecular complexity index is 720. The molecule has 1 amide bonds. The van der Waals surface area contributed by atoms with Crippen molar-refractivity contribution in [1.29, 1.82) is 0 Å². The number of carbonyl (C=O) groups is 1. The molecule has 144 valence electrons. The fourth-order valence-electron chi connectivity index (χ4n) is 3.32. The molecule has 2 aromatic carbocycles. The first-order chi connectivity index (χ1) is 13.2. The van der Waals surface area contributed by atoms with E-state index in [-0.39, 0.29) is 5.91 Å². The van der Waals surface area contributed by atoms with Gasteiger partial charge < -0.3 is 10.1 Å². The van der Waals surface area contributed by atoms with E-state index in [4.69, 9.17) is 4.74 Å². The molecular formula is C22H29N3O2. The number of piperazine rings is 1. The van der Waals surface area contributed by atoms with Crippen LogP contribution in [0.3, 0.4) is 0 Å². The van der Waals surface area contributed by atoms with Crippen LogP contribution >= 0.6 is 0 Å². The Morgan fingerprint density at radius 2 is 1.52 bits per heavy atom. The zero-order valence-electron chi connectivity index (χ0n) is 16.3. The molecule has 1 N–H and O–H groups in total. The molecule has 5 nitrogen and oxygen atoms in total. The number of aryl methyl sites for hydroxylation is 1. The number of hydrogen-bond acceptors (Lipinski definition) is 4. The van der Waals surface area contributed by atoms with Crippen LogP contribution in [0.1, 0.15) is 18.1 Å². The van der Waals surface area contributed by atoms with E-state index in [1.54, 1.807) is 7.11 Å². The van der Waals surface area contributed by atoms with E-state index in [0.29, 0.717) is 6.54 Å². The molecule has 0 radical (unpaired) electrons. The van der Waals surface area contributed by atoms with Crippen LogP contribution in [0.15, 0.2) is 48.5 Å². The Morgan fingerprint density at radius 1 is 0.926 bits per heavy atom. The predicted molar refractivity (Wildman–Crippen MR) is 109 cm³/mol. The third kappa shape index (κ3) is 5.81. The lowest BCUT2D eigenvalue weighted by atomic mass is 10.1. The maximum absolute atomic E-state index is 12.3. The third-order valence-electron chi connectivity index (χ3n) is 5.04. The molecule has 1 saturated heterocycles.